The van der Waals surface area contributed by atoms with Crippen LogP contribution in [-0.4, -0.2) is 42.6 Å². The zero-order chi connectivity index (χ0) is 16.8. The molecule has 0 aromatic carbocycles. The molecule has 3 aromatic rings. The van der Waals surface area contributed by atoms with Gasteiger partial charge in [-0.3, -0.25) is 14.4 Å². The summed E-state index contributed by atoms with van der Waals surface area (Å²) in [6.07, 6.45) is 6.85. The van der Waals surface area contributed by atoms with Gasteiger partial charge in [0.15, 0.2) is 0 Å². The summed E-state index contributed by atoms with van der Waals surface area (Å²) in [5.41, 5.74) is 3.04. The molecule has 1 saturated carbocycles. The molecule has 130 valence electrons. The van der Waals surface area contributed by atoms with Crippen LogP contribution in [0.5, 0.6) is 0 Å². The van der Waals surface area contributed by atoms with Gasteiger partial charge in [0.25, 0.3) is 0 Å². The zero-order valence-electron chi connectivity index (χ0n) is 13.8. The quantitative estimate of drug-likeness (QED) is 0.733. The average Bonchev–Trinajstić information content (AvgIpc) is 3.06. The van der Waals surface area contributed by atoms with Crippen LogP contribution < -0.4 is 5.32 Å². The molecule has 1 atom stereocenters. The Morgan fingerprint density at radius 2 is 2.08 bits per heavy atom. The number of fused-ring (bicyclic) bond motifs is 1. The van der Waals surface area contributed by atoms with E-state index in [0.717, 1.165) is 24.4 Å². The van der Waals surface area contributed by atoms with Crippen molar-refractivity contribution < 1.29 is 0 Å². The van der Waals surface area contributed by atoms with E-state index in [4.69, 9.17) is 11.6 Å². The molecule has 7 nitrogen and oxygen atoms in total. The fraction of sp³-hybridized carbons (Fsp3) is 0.471. The first-order chi connectivity index (χ1) is 12.3. The highest BCUT2D eigenvalue weighted by Crippen LogP contribution is 2.40. The van der Waals surface area contributed by atoms with Crippen molar-refractivity contribution >= 4 is 23.2 Å². The van der Waals surface area contributed by atoms with Crippen molar-refractivity contribution in [1.82, 2.24) is 29.5 Å². The van der Waals surface area contributed by atoms with Crippen LogP contribution in [-0.2, 0) is 0 Å². The SMILES string of the molecule is Clc1nc(NC(c2cc(C3CC3)[nH]n2)N2CCCC2)n2cccc2n1. The summed E-state index contributed by atoms with van der Waals surface area (Å²) in [5, 5.41) is 11.6. The Labute approximate surface area is 150 Å². The maximum absolute atomic E-state index is 6.11. The molecule has 0 amide bonds. The second-order valence-corrected chi connectivity index (χ2v) is 7.20. The van der Waals surface area contributed by atoms with Gasteiger partial charge in [0.1, 0.15) is 11.8 Å². The molecule has 2 N–H and O–H groups in total. The van der Waals surface area contributed by atoms with Gasteiger partial charge in [0.2, 0.25) is 11.2 Å². The number of hydrogen-bond acceptors (Lipinski definition) is 5. The summed E-state index contributed by atoms with van der Waals surface area (Å²) in [6, 6.07) is 6.06. The maximum atomic E-state index is 6.11. The summed E-state index contributed by atoms with van der Waals surface area (Å²) in [6.45, 7) is 2.11. The van der Waals surface area contributed by atoms with Crippen LogP contribution in [0, 0.1) is 0 Å². The number of aromatic nitrogens is 5. The van der Waals surface area contributed by atoms with E-state index in [2.05, 4.69) is 36.4 Å². The lowest BCUT2D eigenvalue weighted by molar-refractivity contribution is 0.264. The van der Waals surface area contributed by atoms with Gasteiger partial charge < -0.3 is 5.32 Å². The summed E-state index contributed by atoms with van der Waals surface area (Å²) >= 11 is 6.11. The van der Waals surface area contributed by atoms with Gasteiger partial charge >= 0.3 is 0 Å². The molecule has 0 bridgehead atoms. The topological polar surface area (TPSA) is 74.1 Å². The third-order valence-corrected chi connectivity index (χ3v) is 5.22. The largest absolute Gasteiger partial charge is 0.334 e. The molecule has 1 aliphatic heterocycles. The second-order valence-electron chi connectivity index (χ2n) is 6.87. The Balaban J connectivity index is 1.51. The fourth-order valence-electron chi connectivity index (χ4n) is 3.58. The summed E-state index contributed by atoms with van der Waals surface area (Å²) in [4.78, 5) is 11.1. The number of hydrogen-bond donors (Lipinski definition) is 2. The van der Waals surface area contributed by atoms with E-state index in [1.54, 1.807) is 0 Å². The van der Waals surface area contributed by atoms with Crippen LogP contribution >= 0.6 is 11.6 Å². The van der Waals surface area contributed by atoms with Crippen molar-refractivity contribution in [2.75, 3.05) is 18.4 Å². The van der Waals surface area contributed by atoms with E-state index in [9.17, 15) is 0 Å². The van der Waals surface area contributed by atoms with Crippen LogP contribution in [0.3, 0.4) is 0 Å². The molecular weight excluding hydrogens is 338 g/mol. The molecule has 3 aromatic heterocycles. The number of aromatic amines is 1. The van der Waals surface area contributed by atoms with Crippen LogP contribution in [0.15, 0.2) is 24.4 Å². The highest BCUT2D eigenvalue weighted by atomic mass is 35.5. The van der Waals surface area contributed by atoms with E-state index >= 15 is 0 Å². The van der Waals surface area contributed by atoms with Gasteiger partial charge in [-0.25, -0.2) is 0 Å². The van der Waals surface area contributed by atoms with Crippen molar-refractivity contribution in [3.05, 3.63) is 41.1 Å². The lowest BCUT2D eigenvalue weighted by Crippen LogP contribution is -2.32. The highest BCUT2D eigenvalue weighted by molar-refractivity contribution is 6.28. The Morgan fingerprint density at radius 3 is 2.88 bits per heavy atom. The smallest absolute Gasteiger partial charge is 0.227 e. The van der Waals surface area contributed by atoms with Crippen LogP contribution in [0.4, 0.5) is 5.95 Å². The van der Waals surface area contributed by atoms with Gasteiger partial charge in [-0.15, -0.1) is 0 Å². The number of H-pyrrole nitrogens is 1. The predicted octanol–water partition coefficient (Wildman–Crippen LogP) is 3.19. The first kappa shape index (κ1) is 15.2. The minimum Gasteiger partial charge on any atom is -0.334 e. The molecule has 0 spiro atoms. The minimum atomic E-state index is -0.0252. The van der Waals surface area contributed by atoms with Crippen LogP contribution in [0.25, 0.3) is 5.65 Å². The minimum absolute atomic E-state index is 0.0252. The van der Waals surface area contributed by atoms with E-state index in [1.165, 1.54) is 31.4 Å². The monoisotopic (exact) mass is 357 g/mol. The molecule has 4 heterocycles. The molecule has 2 aliphatic rings. The number of nitrogens with one attached hydrogen (secondary N) is 2. The molecule has 0 radical (unpaired) electrons. The molecule has 1 unspecified atom stereocenters. The number of likely N-dealkylation sites (tertiary alicyclic amines) is 1. The predicted molar refractivity (Wildman–Crippen MR) is 95.7 cm³/mol. The average molecular weight is 358 g/mol. The second kappa shape index (κ2) is 6.00. The lowest BCUT2D eigenvalue weighted by Gasteiger charge is -2.27. The molecule has 1 aliphatic carbocycles. The summed E-state index contributed by atoms with van der Waals surface area (Å²) < 4.78 is 1.92. The molecule has 25 heavy (non-hydrogen) atoms. The molecule has 1 saturated heterocycles. The number of nitrogens with zero attached hydrogens (tertiary/aromatic N) is 5. The van der Waals surface area contributed by atoms with Gasteiger partial charge in [0, 0.05) is 30.9 Å². The first-order valence-corrected chi connectivity index (χ1v) is 9.22. The highest BCUT2D eigenvalue weighted by Gasteiger charge is 2.30. The molecule has 5 rings (SSSR count). The van der Waals surface area contributed by atoms with Crippen molar-refractivity contribution in [1.29, 1.82) is 0 Å². The van der Waals surface area contributed by atoms with Crippen LogP contribution in [0.2, 0.25) is 5.28 Å². The number of rotatable bonds is 5. The Morgan fingerprint density at radius 1 is 1.24 bits per heavy atom. The van der Waals surface area contributed by atoms with E-state index in [-0.39, 0.29) is 11.4 Å². The normalized spacial score (nSPS) is 19.6. The van der Waals surface area contributed by atoms with Gasteiger partial charge in [-0.1, -0.05) is 0 Å². The van der Waals surface area contributed by atoms with E-state index < -0.39 is 0 Å². The molecule has 8 heteroatoms. The number of anilines is 1. The van der Waals surface area contributed by atoms with Crippen LogP contribution in [0.1, 0.15) is 49.2 Å². The summed E-state index contributed by atoms with van der Waals surface area (Å²) in [7, 11) is 0. The molecular formula is C17H20ClN7. The standard InChI is InChI=1S/C17H20ClN7/c18-16-19-14-4-3-9-25(14)17(21-16)20-15(24-7-1-2-8-24)13-10-12(22-23-13)11-5-6-11/h3-4,9-11,15H,1-2,5-8H2,(H,22,23)(H,19,20,21). The Bertz CT molecular complexity index is 891. The van der Waals surface area contributed by atoms with Gasteiger partial charge in [-0.05, 0) is 55.5 Å². The van der Waals surface area contributed by atoms with Crippen molar-refractivity contribution in [3.63, 3.8) is 0 Å². The Hall–Kier alpha value is -2.12. The van der Waals surface area contributed by atoms with Crippen molar-refractivity contribution in [3.8, 4) is 0 Å². The first-order valence-electron chi connectivity index (χ1n) is 8.84. The fourth-order valence-corrected chi connectivity index (χ4v) is 3.74. The number of halogens is 1. The van der Waals surface area contributed by atoms with E-state index in [0.29, 0.717) is 11.9 Å². The zero-order valence-corrected chi connectivity index (χ0v) is 14.6. The van der Waals surface area contributed by atoms with Crippen molar-refractivity contribution in [2.45, 2.75) is 37.8 Å². The lowest BCUT2D eigenvalue weighted by atomic mass is 10.2. The molecule has 2 fully saturated rings. The summed E-state index contributed by atoms with van der Waals surface area (Å²) in [5.74, 6) is 1.35. The third-order valence-electron chi connectivity index (χ3n) is 5.05. The third kappa shape index (κ3) is 2.87. The Kier molecular flexibility index (Phi) is 3.64. The van der Waals surface area contributed by atoms with Gasteiger partial charge in [-0.2, -0.15) is 15.1 Å². The maximum Gasteiger partial charge on any atom is 0.227 e. The van der Waals surface area contributed by atoms with Gasteiger partial charge in [0.05, 0.1) is 5.69 Å². The van der Waals surface area contributed by atoms with Crippen molar-refractivity contribution in [2.24, 2.45) is 0 Å². The van der Waals surface area contributed by atoms with E-state index in [1.807, 2.05) is 22.7 Å².